The number of nitrogens with zero attached hydrogens (tertiary/aromatic N) is 3. The number of benzene rings is 1. The van der Waals surface area contributed by atoms with Crippen LogP contribution in [0, 0.1) is 5.92 Å². The van der Waals surface area contributed by atoms with Gasteiger partial charge in [0.15, 0.2) is 11.6 Å². The van der Waals surface area contributed by atoms with Crippen molar-refractivity contribution in [1.29, 1.82) is 0 Å². The van der Waals surface area contributed by atoms with Crippen LogP contribution in [0.3, 0.4) is 0 Å². The van der Waals surface area contributed by atoms with Gasteiger partial charge in [-0.3, -0.25) is 4.79 Å². The van der Waals surface area contributed by atoms with Gasteiger partial charge in [0, 0.05) is 30.4 Å². The molecular formula is C19H23N5O. The van der Waals surface area contributed by atoms with Crippen LogP contribution in [0.1, 0.15) is 32.1 Å². The lowest BCUT2D eigenvalue weighted by atomic mass is 10.1. The first-order valence-corrected chi connectivity index (χ1v) is 9.04. The van der Waals surface area contributed by atoms with Gasteiger partial charge in [-0.15, -0.1) is 10.2 Å². The Bertz CT molecular complexity index is 718. The number of nitrogens with one attached hydrogen (secondary N) is 2. The van der Waals surface area contributed by atoms with E-state index in [0.717, 1.165) is 31.6 Å². The topological polar surface area (TPSA) is 70.2 Å². The summed E-state index contributed by atoms with van der Waals surface area (Å²) in [5.74, 6) is 1.37. The third kappa shape index (κ3) is 4.07. The molecule has 1 saturated carbocycles. The molecule has 2 aliphatic rings. The lowest BCUT2D eigenvalue weighted by Gasteiger charge is -2.28. The van der Waals surface area contributed by atoms with Crippen molar-refractivity contribution < 1.29 is 4.79 Å². The largest absolute Gasteiger partial charge is 0.372 e. The highest BCUT2D eigenvalue weighted by Crippen LogP contribution is 2.30. The molecule has 0 radical (unpaired) electrons. The van der Waals surface area contributed by atoms with Crippen molar-refractivity contribution in [3.63, 3.8) is 0 Å². The molecule has 0 unspecified atom stereocenters. The lowest BCUT2D eigenvalue weighted by molar-refractivity contribution is -0.117. The number of piperidine rings is 1. The zero-order chi connectivity index (χ0) is 17.1. The van der Waals surface area contributed by atoms with Crippen LogP contribution in [0.5, 0.6) is 0 Å². The number of aromatic nitrogens is 2. The highest BCUT2D eigenvalue weighted by Gasteiger charge is 2.29. The Hall–Kier alpha value is -2.63. The van der Waals surface area contributed by atoms with Crippen molar-refractivity contribution in [1.82, 2.24) is 10.2 Å². The fraction of sp³-hybridized carbons (Fsp3) is 0.421. The molecule has 0 atom stereocenters. The number of amides is 1. The molecule has 0 spiro atoms. The van der Waals surface area contributed by atoms with Gasteiger partial charge in [0.2, 0.25) is 5.91 Å². The maximum absolute atomic E-state index is 11.7. The zero-order valence-corrected chi connectivity index (χ0v) is 14.2. The van der Waals surface area contributed by atoms with Gasteiger partial charge >= 0.3 is 0 Å². The van der Waals surface area contributed by atoms with Crippen LogP contribution in [-0.4, -0.2) is 29.2 Å². The molecule has 1 saturated heterocycles. The first kappa shape index (κ1) is 15.9. The number of carbonyl (C=O) groups excluding carboxylic acids is 1. The Morgan fingerprint density at radius 1 is 0.920 bits per heavy atom. The molecule has 2 N–H and O–H groups in total. The van der Waals surface area contributed by atoms with Gasteiger partial charge in [0.05, 0.1) is 0 Å². The number of carbonyl (C=O) groups is 1. The molecule has 4 rings (SSSR count). The molecule has 2 heterocycles. The van der Waals surface area contributed by atoms with Gasteiger partial charge in [0.1, 0.15) is 0 Å². The average Bonchev–Trinajstić information content (AvgIpc) is 3.50. The Morgan fingerprint density at radius 2 is 1.60 bits per heavy atom. The van der Waals surface area contributed by atoms with Crippen molar-refractivity contribution >= 4 is 28.9 Å². The molecule has 6 nitrogen and oxygen atoms in total. The van der Waals surface area contributed by atoms with E-state index in [-0.39, 0.29) is 11.8 Å². The SMILES string of the molecule is O=C(Nc1ccc(Nc2ccc(N3CCCCC3)cc2)nn1)C1CC1. The van der Waals surface area contributed by atoms with E-state index in [9.17, 15) is 4.79 Å². The van der Waals surface area contributed by atoms with Gasteiger partial charge in [-0.05, 0) is 68.5 Å². The van der Waals surface area contributed by atoms with Crippen LogP contribution < -0.4 is 15.5 Å². The Kier molecular flexibility index (Phi) is 4.50. The minimum absolute atomic E-state index is 0.0447. The monoisotopic (exact) mass is 337 g/mol. The van der Waals surface area contributed by atoms with E-state index in [2.05, 4.69) is 50.0 Å². The van der Waals surface area contributed by atoms with Gasteiger partial charge in [-0.1, -0.05) is 0 Å². The van der Waals surface area contributed by atoms with E-state index >= 15 is 0 Å². The predicted molar refractivity (Wildman–Crippen MR) is 99.2 cm³/mol. The number of rotatable bonds is 5. The summed E-state index contributed by atoms with van der Waals surface area (Å²) in [6.07, 6.45) is 5.85. The van der Waals surface area contributed by atoms with E-state index in [0.29, 0.717) is 11.6 Å². The van der Waals surface area contributed by atoms with Gasteiger partial charge < -0.3 is 15.5 Å². The summed E-state index contributed by atoms with van der Waals surface area (Å²) >= 11 is 0. The quantitative estimate of drug-likeness (QED) is 0.873. The fourth-order valence-corrected chi connectivity index (χ4v) is 3.09. The molecule has 6 heteroatoms. The zero-order valence-electron chi connectivity index (χ0n) is 14.2. The molecule has 2 aromatic rings. The number of anilines is 4. The van der Waals surface area contributed by atoms with Gasteiger partial charge in [-0.2, -0.15) is 0 Å². The summed E-state index contributed by atoms with van der Waals surface area (Å²) < 4.78 is 0. The van der Waals surface area contributed by atoms with Crippen molar-refractivity contribution in [3.8, 4) is 0 Å². The molecule has 25 heavy (non-hydrogen) atoms. The number of hydrogen-bond acceptors (Lipinski definition) is 5. The molecular weight excluding hydrogens is 314 g/mol. The van der Waals surface area contributed by atoms with Crippen LogP contribution in [0.25, 0.3) is 0 Å². The lowest BCUT2D eigenvalue weighted by Crippen LogP contribution is -2.29. The molecule has 1 aromatic carbocycles. The van der Waals surface area contributed by atoms with Gasteiger partial charge in [0.25, 0.3) is 0 Å². The van der Waals surface area contributed by atoms with E-state index in [1.165, 1.54) is 24.9 Å². The van der Waals surface area contributed by atoms with Crippen LogP contribution in [-0.2, 0) is 4.79 Å². The molecule has 1 aliphatic carbocycles. The minimum atomic E-state index is 0.0447. The summed E-state index contributed by atoms with van der Waals surface area (Å²) in [6.45, 7) is 2.29. The minimum Gasteiger partial charge on any atom is -0.372 e. The van der Waals surface area contributed by atoms with E-state index in [1.54, 1.807) is 6.07 Å². The Morgan fingerprint density at radius 3 is 2.24 bits per heavy atom. The average molecular weight is 337 g/mol. The fourth-order valence-electron chi connectivity index (χ4n) is 3.09. The maximum Gasteiger partial charge on any atom is 0.228 e. The van der Waals surface area contributed by atoms with Crippen LogP contribution in [0.4, 0.5) is 23.0 Å². The molecule has 1 aliphatic heterocycles. The highest BCUT2D eigenvalue weighted by molar-refractivity contribution is 5.93. The Balaban J connectivity index is 1.35. The van der Waals surface area contributed by atoms with E-state index in [4.69, 9.17) is 0 Å². The van der Waals surface area contributed by atoms with Crippen LogP contribution >= 0.6 is 0 Å². The second-order valence-electron chi connectivity index (χ2n) is 6.79. The van der Waals surface area contributed by atoms with Crippen molar-refractivity contribution in [2.75, 3.05) is 28.6 Å². The third-order valence-corrected chi connectivity index (χ3v) is 4.72. The molecule has 1 aromatic heterocycles. The maximum atomic E-state index is 11.7. The van der Waals surface area contributed by atoms with Gasteiger partial charge in [-0.25, -0.2) is 0 Å². The van der Waals surface area contributed by atoms with Crippen molar-refractivity contribution in [2.24, 2.45) is 5.92 Å². The standard InChI is InChI=1S/C19H23N5O/c25-19(14-4-5-14)21-18-11-10-17(22-23-18)20-15-6-8-16(9-7-15)24-12-2-1-3-13-24/h6-11,14H,1-5,12-13H2,(H,20,22)(H,21,23,25). The normalized spacial score (nSPS) is 17.2. The first-order chi connectivity index (χ1) is 12.3. The van der Waals surface area contributed by atoms with Crippen molar-refractivity contribution in [2.45, 2.75) is 32.1 Å². The highest BCUT2D eigenvalue weighted by atomic mass is 16.2. The molecule has 0 bridgehead atoms. The van der Waals surface area contributed by atoms with E-state index < -0.39 is 0 Å². The third-order valence-electron chi connectivity index (χ3n) is 4.72. The smallest absolute Gasteiger partial charge is 0.228 e. The summed E-state index contributed by atoms with van der Waals surface area (Å²) in [7, 11) is 0. The number of hydrogen-bond donors (Lipinski definition) is 2. The van der Waals surface area contributed by atoms with Crippen molar-refractivity contribution in [3.05, 3.63) is 36.4 Å². The predicted octanol–water partition coefficient (Wildman–Crippen LogP) is 3.56. The molecule has 2 fully saturated rings. The summed E-state index contributed by atoms with van der Waals surface area (Å²) in [5.41, 5.74) is 2.25. The van der Waals surface area contributed by atoms with Crippen LogP contribution in [0.15, 0.2) is 36.4 Å². The molecule has 130 valence electrons. The van der Waals surface area contributed by atoms with Crippen LogP contribution in [0.2, 0.25) is 0 Å². The summed E-state index contributed by atoms with van der Waals surface area (Å²) in [4.78, 5) is 14.1. The first-order valence-electron chi connectivity index (χ1n) is 9.04. The van der Waals surface area contributed by atoms with E-state index in [1.807, 2.05) is 6.07 Å². The Labute approximate surface area is 147 Å². The second kappa shape index (κ2) is 7.09. The summed E-state index contributed by atoms with van der Waals surface area (Å²) in [6, 6.07) is 12.0. The summed E-state index contributed by atoms with van der Waals surface area (Å²) in [5, 5.41) is 14.2. The second-order valence-corrected chi connectivity index (χ2v) is 6.79. The molecule has 1 amide bonds.